The number of aromatic hydroxyl groups is 1. The van der Waals surface area contributed by atoms with Crippen LogP contribution in [0.2, 0.25) is 0 Å². The first-order valence-electron chi connectivity index (χ1n) is 8.72. The maximum Gasteiger partial charge on any atom is 0.229 e. The molecule has 1 unspecified atom stereocenters. The fraction of sp³-hybridized carbons (Fsp3) is 0.350. The SMILES string of the molecule is Cc1cc(C(=O)C2CCOc3cc(NS(C)(=O)=O)ccc3C2)cc(C)c1O. The lowest BCUT2D eigenvalue weighted by Crippen LogP contribution is -2.18. The number of nitrogens with one attached hydrogen (secondary N) is 1. The molecule has 1 heterocycles. The Hall–Kier alpha value is -2.54. The molecule has 2 N–H and O–H groups in total. The number of phenolic OH excluding ortho intramolecular Hbond substituents is 1. The molecule has 0 bridgehead atoms. The summed E-state index contributed by atoms with van der Waals surface area (Å²) in [7, 11) is -3.36. The number of Topliss-reactive ketones (excluding diaryl/α,β-unsaturated/α-hetero) is 1. The summed E-state index contributed by atoms with van der Waals surface area (Å²) >= 11 is 0. The van der Waals surface area contributed by atoms with Crippen molar-refractivity contribution >= 4 is 21.5 Å². The van der Waals surface area contributed by atoms with Gasteiger partial charge in [-0.2, -0.15) is 0 Å². The van der Waals surface area contributed by atoms with Crippen LogP contribution in [0, 0.1) is 19.8 Å². The van der Waals surface area contributed by atoms with E-state index in [2.05, 4.69) is 4.72 Å². The lowest BCUT2D eigenvalue weighted by molar-refractivity contribution is 0.0905. The number of ether oxygens (including phenoxy) is 1. The Morgan fingerprint density at radius 2 is 1.85 bits per heavy atom. The minimum Gasteiger partial charge on any atom is -0.507 e. The zero-order valence-electron chi connectivity index (χ0n) is 15.6. The lowest BCUT2D eigenvalue weighted by Gasteiger charge is -2.14. The van der Waals surface area contributed by atoms with Crippen molar-refractivity contribution in [2.24, 2.45) is 5.92 Å². The van der Waals surface area contributed by atoms with E-state index in [0.717, 1.165) is 11.8 Å². The van der Waals surface area contributed by atoms with Crippen LogP contribution in [0.25, 0.3) is 0 Å². The third-order valence-electron chi connectivity index (χ3n) is 4.71. The Morgan fingerprint density at radius 3 is 2.48 bits per heavy atom. The predicted octanol–water partition coefficient (Wildman–Crippen LogP) is 3.20. The van der Waals surface area contributed by atoms with Gasteiger partial charge < -0.3 is 9.84 Å². The largest absolute Gasteiger partial charge is 0.507 e. The summed E-state index contributed by atoms with van der Waals surface area (Å²) in [5, 5.41) is 9.92. The average molecular weight is 389 g/mol. The first-order valence-corrected chi connectivity index (χ1v) is 10.6. The van der Waals surface area contributed by atoms with Crippen molar-refractivity contribution in [3.05, 3.63) is 52.6 Å². The molecule has 144 valence electrons. The Balaban J connectivity index is 1.85. The summed E-state index contributed by atoms with van der Waals surface area (Å²) in [5.74, 6) is 0.600. The number of benzene rings is 2. The van der Waals surface area contributed by atoms with Crippen LogP contribution in [-0.4, -0.2) is 32.2 Å². The second kappa shape index (κ2) is 7.23. The van der Waals surface area contributed by atoms with E-state index in [-0.39, 0.29) is 17.5 Å². The molecule has 2 aromatic carbocycles. The van der Waals surface area contributed by atoms with Gasteiger partial charge in [0.1, 0.15) is 11.5 Å². The van der Waals surface area contributed by atoms with E-state index >= 15 is 0 Å². The molecule has 0 aromatic heterocycles. The summed E-state index contributed by atoms with van der Waals surface area (Å²) in [6.45, 7) is 3.93. The summed E-state index contributed by atoms with van der Waals surface area (Å²) in [5.41, 5.74) is 3.26. The third-order valence-corrected chi connectivity index (χ3v) is 5.31. The van der Waals surface area contributed by atoms with Crippen molar-refractivity contribution in [2.45, 2.75) is 26.7 Å². The first kappa shape index (κ1) is 19.2. The smallest absolute Gasteiger partial charge is 0.229 e. The number of carbonyl (C=O) groups is 1. The van der Waals surface area contributed by atoms with Gasteiger partial charge in [-0.25, -0.2) is 8.42 Å². The molecule has 0 saturated heterocycles. The number of anilines is 1. The van der Waals surface area contributed by atoms with E-state index in [1.807, 2.05) is 0 Å². The van der Waals surface area contributed by atoms with Crippen LogP contribution in [0.1, 0.15) is 33.5 Å². The number of carbonyl (C=O) groups excluding carboxylic acids is 1. The standard InChI is InChI=1S/C20H23NO5S/c1-12-8-16(9-13(2)19(12)22)20(23)15-6-7-26-18-11-17(21-27(3,24)25)5-4-14(18)10-15/h4-5,8-9,11,15,21-22H,6-7,10H2,1-3H3. The van der Waals surface area contributed by atoms with Gasteiger partial charge in [-0.1, -0.05) is 6.07 Å². The number of fused-ring (bicyclic) bond motifs is 1. The Morgan fingerprint density at radius 1 is 1.19 bits per heavy atom. The highest BCUT2D eigenvalue weighted by Gasteiger charge is 2.26. The van der Waals surface area contributed by atoms with Crippen molar-refractivity contribution < 1.29 is 23.1 Å². The molecule has 0 saturated carbocycles. The van der Waals surface area contributed by atoms with Crippen LogP contribution in [0.4, 0.5) is 5.69 Å². The molecule has 3 rings (SSSR count). The van der Waals surface area contributed by atoms with E-state index in [0.29, 0.717) is 47.6 Å². The third kappa shape index (κ3) is 4.42. The molecule has 2 aromatic rings. The Labute approximate surface area is 159 Å². The number of phenols is 1. The normalized spacial score (nSPS) is 16.8. The van der Waals surface area contributed by atoms with Crippen LogP contribution in [-0.2, 0) is 16.4 Å². The van der Waals surface area contributed by atoms with Gasteiger partial charge in [-0.3, -0.25) is 9.52 Å². The van der Waals surface area contributed by atoms with Crippen molar-refractivity contribution in [3.63, 3.8) is 0 Å². The lowest BCUT2D eigenvalue weighted by atomic mass is 9.88. The van der Waals surface area contributed by atoms with Gasteiger partial charge in [0.25, 0.3) is 0 Å². The molecule has 27 heavy (non-hydrogen) atoms. The minimum absolute atomic E-state index is 0.0241. The number of aryl methyl sites for hydroxylation is 2. The molecule has 1 aliphatic rings. The van der Waals surface area contributed by atoms with Gasteiger partial charge in [0.2, 0.25) is 10.0 Å². The Bertz CT molecular complexity index is 974. The van der Waals surface area contributed by atoms with Crippen LogP contribution in [0.3, 0.4) is 0 Å². The van der Waals surface area contributed by atoms with Crippen molar-refractivity contribution in [1.82, 2.24) is 0 Å². The molecule has 0 fully saturated rings. The van der Waals surface area contributed by atoms with E-state index in [1.165, 1.54) is 0 Å². The molecular formula is C20H23NO5S. The summed E-state index contributed by atoms with van der Waals surface area (Å²) in [4.78, 5) is 13.0. The summed E-state index contributed by atoms with van der Waals surface area (Å²) in [6, 6.07) is 8.55. The average Bonchev–Trinajstić information content (AvgIpc) is 2.79. The second-order valence-electron chi connectivity index (χ2n) is 7.06. The van der Waals surface area contributed by atoms with Gasteiger partial charge in [-0.15, -0.1) is 0 Å². The second-order valence-corrected chi connectivity index (χ2v) is 8.81. The molecule has 0 spiro atoms. The minimum atomic E-state index is -3.36. The van der Waals surface area contributed by atoms with Crippen molar-refractivity contribution in [2.75, 3.05) is 17.6 Å². The number of sulfonamides is 1. The molecule has 0 radical (unpaired) electrons. The molecule has 0 aliphatic carbocycles. The van der Waals surface area contributed by atoms with Gasteiger partial charge in [-0.05, 0) is 61.6 Å². The van der Waals surface area contributed by atoms with E-state index in [1.54, 1.807) is 44.2 Å². The van der Waals surface area contributed by atoms with E-state index < -0.39 is 10.0 Å². The highest BCUT2D eigenvalue weighted by molar-refractivity contribution is 7.92. The molecule has 1 atom stereocenters. The molecule has 7 heteroatoms. The number of hydrogen-bond acceptors (Lipinski definition) is 5. The highest BCUT2D eigenvalue weighted by atomic mass is 32.2. The molecule has 1 aliphatic heterocycles. The fourth-order valence-corrected chi connectivity index (χ4v) is 3.93. The van der Waals surface area contributed by atoms with Crippen LogP contribution in [0.15, 0.2) is 30.3 Å². The summed E-state index contributed by atoms with van der Waals surface area (Å²) in [6.07, 6.45) is 2.18. The maximum atomic E-state index is 13.0. The Kier molecular flexibility index (Phi) is 5.15. The molecule has 0 amide bonds. The van der Waals surface area contributed by atoms with Crippen LogP contribution >= 0.6 is 0 Å². The van der Waals surface area contributed by atoms with E-state index in [9.17, 15) is 18.3 Å². The van der Waals surface area contributed by atoms with Crippen LogP contribution < -0.4 is 9.46 Å². The maximum absolute atomic E-state index is 13.0. The first-order chi connectivity index (χ1) is 12.6. The van der Waals surface area contributed by atoms with Gasteiger partial charge in [0, 0.05) is 17.5 Å². The van der Waals surface area contributed by atoms with Gasteiger partial charge in [0.15, 0.2) is 5.78 Å². The van der Waals surface area contributed by atoms with Gasteiger partial charge >= 0.3 is 0 Å². The number of ketones is 1. The molecular weight excluding hydrogens is 366 g/mol. The van der Waals surface area contributed by atoms with Crippen LogP contribution in [0.5, 0.6) is 11.5 Å². The summed E-state index contributed by atoms with van der Waals surface area (Å²) < 4.78 is 31.0. The predicted molar refractivity (Wildman–Crippen MR) is 104 cm³/mol. The number of rotatable bonds is 4. The number of hydrogen-bond donors (Lipinski definition) is 2. The topological polar surface area (TPSA) is 92.7 Å². The fourth-order valence-electron chi connectivity index (χ4n) is 3.37. The van der Waals surface area contributed by atoms with Crippen molar-refractivity contribution in [3.8, 4) is 11.5 Å². The highest BCUT2D eigenvalue weighted by Crippen LogP contribution is 2.32. The quantitative estimate of drug-likeness (QED) is 0.784. The molecule has 6 nitrogen and oxygen atoms in total. The van der Waals surface area contributed by atoms with E-state index in [4.69, 9.17) is 4.74 Å². The zero-order chi connectivity index (χ0) is 19.8. The zero-order valence-corrected chi connectivity index (χ0v) is 16.4. The van der Waals surface area contributed by atoms with Crippen molar-refractivity contribution in [1.29, 1.82) is 0 Å². The monoisotopic (exact) mass is 389 g/mol. The van der Waals surface area contributed by atoms with Gasteiger partial charge in [0.05, 0.1) is 18.6 Å².